The van der Waals surface area contributed by atoms with E-state index < -0.39 is 5.97 Å². The van der Waals surface area contributed by atoms with Crippen molar-refractivity contribution >= 4 is 21.9 Å². The van der Waals surface area contributed by atoms with Gasteiger partial charge in [-0.15, -0.1) is 0 Å². The van der Waals surface area contributed by atoms with E-state index in [-0.39, 0.29) is 6.42 Å². The van der Waals surface area contributed by atoms with E-state index in [0.717, 1.165) is 32.7 Å². The van der Waals surface area contributed by atoms with Crippen LogP contribution in [0.2, 0.25) is 0 Å². The molecular weight excluding hydrogens is 372 g/mol. The van der Waals surface area contributed by atoms with Gasteiger partial charge in [-0.05, 0) is 65.0 Å². The monoisotopic (exact) mass is 392 g/mol. The first-order valence-corrected chi connectivity index (χ1v) is 8.58. The van der Waals surface area contributed by atoms with Crippen LogP contribution in [0.3, 0.4) is 0 Å². The molecule has 1 N–H and O–H groups in total. The lowest BCUT2D eigenvalue weighted by molar-refractivity contribution is -0.136. The Morgan fingerprint density at radius 3 is 2.38 bits per heavy atom. The van der Waals surface area contributed by atoms with Gasteiger partial charge in [-0.3, -0.25) is 4.79 Å². The lowest BCUT2D eigenvalue weighted by atomic mass is 10.1. The third-order valence-corrected chi connectivity index (χ3v) is 4.24. The van der Waals surface area contributed by atoms with Gasteiger partial charge in [0.05, 0.1) is 4.47 Å². The Kier molecular flexibility index (Phi) is 6.67. The fourth-order valence-corrected chi connectivity index (χ4v) is 2.93. The van der Waals surface area contributed by atoms with Crippen LogP contribution in [0.25, 0.3) is 0 Å². The molecule has 0 fully saturated rings. The van der Waals surface area contributed by atoms with E-state index in [4.69, 9.17) is 14.6 Å². The van der Waals surface area contributed by atoms with E-state index in [2.05, 4.69) is 15.9 Å². The Balaban J connectivity index is 1.85. The number of hydrogen-bond donors (Lipinski definition) is 1. The first-order chi connectivity index (χ1) is 11.5. The highest BCUT2D eigenvalue weighted by atomic mass is 79.9. The number of para-hydroxylation sites is 1. The van der Waals surface area contributed by atoms with Gasteiger partial charge in [0.15, 0.2) is 0 Å². The van der Waals surface area contributed by atoms with Crippen LogP contribution in [0, 0.1) is 13.8 Å². The number of carbonyl (C=O) groups is 1. The summed E-state index contributed by atoms with van der Waals surface area (Å²) in [5.74, 6) is 0.832. The molecule has 2 rings (SSSR count). The van der Waals surface area contributed by atoms with Crippen LogP contribution in [0.4, 0.5) is 0 Å². The fraction of sp³-hybridized carbons (Fsp3) is 0.316. The molecule has 0 aromatic heterocycles. The number of benzene rings is 2. The topological polar surface area (TPSA) is 55.8 Å². The van der Waals surface area contributed by atoms with Crippen molar-refractivity contribution in [3.63, 3.8) is 0 Å². The Morgan fingerprint density at radius 2 is 1.75 bits per heavy atom. The van der Waals surface area contributed by atoms with Gasteiger partial charge < -0.3 is 14.6 Å². The van der Waals surface area contributed by atoms with Gasteiger partial charge in [0.1, 0.15) is 24.7 Å². The number of rotatable bonds is 8. The molecule has 24 heavy (non-hydrogen) atoms. The van der Waals surface area contributed by atoms with Gasteiger partial charge in [0.25, 0.3) is 0 Å². The molecule has 0 heterocycles. The Labute approximate surface area is 150 Å². The van der Waals surface area contributed by atoms with E-state index in [1.807, 2.05) is 50.2 Å². The van der Waals surface area contributed by atoms with Crippen molar-refractivity contribution in [1.82, 2.24) is 0 Å². The maximum Gasteiger partial charge on any atom is 0.303 e. The largest absolute Gasteiger partial charge is 0.489 e. The number of hydrogen-bond acceptors (Lipinski definition) is 3. The standard InChI is InChI=1S/C19H21BrO4/c1-13-4-3-5-14(2)19(13)24-11-10-23-17-8-6-15(12-16(17)20)7-9-18(21)22/h3-6,8,12H,7,9-11H2,1-2H3,(H,21,22). The zero-order chi connectivity index (χ0) is 17.5. The summed E-state index contributed by atoms with van der Waals surface area (Å²) in [6.07, 6.45) is 0.625. The molecule has 0 aliphatic carbocycles. The highest BCUT2D eigenvalue weighted by molar-refractivity contribution is 9.10. The molecule has 2 aromatic rings. The molecule has 0 amide bonds. The van der Waals surface area contributed by atoms with Crippen LogP contribution in [0.1, 0.15) is 23.1 Å². The second kappa shape index (κ2) is 8.73. The van der Waals surface area contributed by atoms with Crippen molar-refractivity contribution in [3.05, 3.63) is 57.6 Å². The quantitative estimate of drug-likeness (QED) is 0.669. The molecule has 128 valence electrons. The van der Waals surface area contributed by atoms with Crippen LogP contribution in [0.15, 0.2) is 40.9 Å². The summed E-state index contributed by atoms with van der Waals surface area (Å²) >= 11 is 3.46. The third kappa shape index (κ3) is 5.27. The maximum atomic E-state index is 10.6. The van der Waals surface area contributed by atoms with Gasteiger partial charge >= 0.3 is 5.97 Å². The Morgan fingerprint density at radius 1 is 1.08 bits per heavy atom. The smallest absolute Gasteiger partial charge is 0.303 e. The average molecular weight is 393 g/mol. The summed E-state index contributed by atoms with van der Waals surface area (Å²) in [5.41, 5.74) is 3.18. The SMILES string of the molecule is Cc1cccc(C)c1OCCOc1ccc(CCC(=O)O)cc1Br. The number of carboxylic acid groups (broad SMARTS) is 1. The number of aliphatic carboxylic acids is 1. The molecule has 0 atom stereocenters. The second-order valence-corrected chi connectivity index (χ2v) is 6.43. The highest BCUT2D eigenvalue weighted by Gasteiger charge is 2.06. The summed E-state index contributed by atoms with van der Waals surface area (Å²) in [6, 6.07) is 11.7. The molecular formula is C19H21BrO4. The van der Waals surface area contributed by atoms with E-state index in [1.54, 1.807) is 0 Å². The van der Waals surface area contributed by atoms with Crippen LogP contribution < -0.4 is 9.47 Å². The van der Waals surface area contributed by atoms with Crippen molar-refractivity contribution in [2.75, 3.05) is 13.2 Å². The number of aryl methyl sites for hydroxylation is 3. The van der Waals surface area contributed by atoms with Gasteiger partial charge in [-0.25, -0.2) is 0 Å². The zero-order valence-electron chi connectivity index (χ0n) is 13.8. The molecule has 0 spiro atoms. The van der Waals surface area contributed by atoms with Crippen LogP contribution in [0.5, 0.6) is 11.5 Å². The molecule has 4 nitrogen and oxygen atoms in total. The maximum absolute atomic E-state index is 10.6. The molecule has 0 aliphatic heterocycles. The van der Waals surface area contributed by atoms with Gasteiger partial charge in [-0.1, -0.05) is 24.3 Å². The van der Waals surface area contributed by atoms with Crippen LogP contribution in [-0.4, -0.2) is 24.3 Å². The van der Waals surface area contributed by atoms with Gasteiger partial charge in [0.2, 0.25) is 0 Å². The summed E-state index contributed by atoms with van der Waals surface area (Å²) in [5, 5.41) is 8.72. The second-order valence-electron chi connectivity index (χ2n) is 5.58. The molecule has 0 aliphatic rings. The number of ether oxygens (including phenoxy) is 2. The Hall–Kier alpha value is -2.01. The van der Waals surface area contributed by atoms with E-state index in [0.29, 0.717) is 19.6 Å². The molecule has 0 saturated carbocycles. The molecule has 0 radical (unpaired) electrons. The van der Waals surface area contributed by atoms with Gasteiger partial charge in [0, 0.05) is 6.42 Å². The van der Waals surface area contributed by atoms with E-state index in [9.17, 15) is 4.79 Å². The van der Waals surface area contributed by atoms with Crippen molar-refractivity contribution in [2.45, 2.75) is 26.7 Å². The van der Waals surface area contributed by atoms with Gasteiger partial charge in [-0.2, -0.15) is 0 Å². The molecule has 2 aromatic carbocycles. The first-order valence-electron chi connectivity index (χ1n) is 7.79. The van der Waals surface area contributed by atoms with Crippen molar-refractivity contribution in [1.29, 1.82) is 0 Å². The molecule has 0 saturated heterocycles. The summed E-state index contributed by atoms with van der Waals surface area (Å²) in [4.78, 5) is 10.6. The molecule has 5 heteroatoms. The summed E-state index contributed by atoms with van der Waals surface area (Å²) < 4.78 is 12.4. The fourth-order valence-electron chi connectivity index (χ4n) is 2.39. The predicted molar refractivity (Wildman–Crippen MR) is 97.0 cm³/mol. The van der Waals surface area contributed by atoms with Crippen LogP contribution >= 0.6 is 15.9 Å². The first kappa shape index (κ1) is 18.3. The van der Waals surface area contributed by atoms with E-state index in [1.165, 1.54) is 0 Å². The minimum atomic E-state index is -0.796. The number of carboxylic acids is 1. The van der Waals surface area contributed by atoms with Crippen molar-refractivity contribution < 1.29 is 19.4 Å². The Bertz CT molecular complexity index is 692. The van der Waals surface area contributed by atoms with Crippen molar-refractivity contribution in [3.8, 4) is 11.5 Å². The molecule has 0 bridgehead atoms. The minimum absolute atomic E-state index is 0.121. The summed E-state index contributed by atoms with van der Waals surface area (Å²) in [7, 11) is 0. The lowest BCUT2D eigenvalue weighted by Crippen LogP contribution is -2.10. The van der Waals surface area contributed by atoms with Crippen LogP contribution in [-0.2, 0) is 11.2 Å². The summed E-state index contributed by atoms with van der Waals surface area (Å²) in [6.45, 7) is 4.94. The van der Waals surface area contributed by atoms with E-state index >= 15 is 0 Å². The number of halogens is 1. The van der Waals surface area contributed by atoms with Crippen molar-refractivity contribution in [2.24, 2.45) is 0 Å². The average Bonchev–Trinajstić information content (AvgIpc) is 2.53. The predicted octanol–water partition coefficient (Wildman–Crippen LogP) is 4.54. The highest BCUT2D eigenvalue weighted by Crippen LogP contribution is 2.27. The lowest BCUT2D eigenvalue weighted by Gasteiger charge is -2.13. The normalized spacial score (nSPS) is 10.5. The zero-order valence-corrected chi connectivity index (χ0v) is 15.4. The molecule has 0 unspecified atom stereocenters. The minimum Gasteiger partial charge on any atom is -0.489 e. The third-order valence-electron chi connectivity index (χ3n) is 3.62.